The van der Waals surface area contributed by atoms with Crippen LogP contribution in [0.5, 0.6) is 5.75 Å². The number of carbonyl (C=O) groups excluding carboxylic acids is 1. The van der Waals surface area contributed by atoms with E-state index < -0.39 is 11.6 Å². The Labute approximate surface area is 154 Å². The van der Waals surface area contributed by atoms with Gasteiger partial charge in [0.25, 0.3) is 0 Å². The van der Waals surface area contributed by atoms with Gasteiger partial charge in [0.05, 0.1) is 11.9 Å². The molecule has 0 aliphatic heterocycles. The normalized spacial score (nSPS) is 17.8. The van der Waals surface area contributed by atoms with Crippen molar-refractivity contribution < 1.29 is 19.1 Å². The topological polar surface area (TPSA) is 62.9 Å². The lowest BCUT2D eigenvalue weighted by atomic mass is 9.72. The molecular weight excluding hydrogens is 330 g/mol. The van der Waals surface area contributed by atoms with E-state index in [2.05, 4.69) is 4.90 Å². The lowest BCUT2D eigenvalue weighted by molar-refractivity contribution is -0.0277. The number of carbonyl (C=O) groups is 1. The van der Waals surface area contributed by atoms with Gasteiger partial charge in [0, 0.05) is 12.5 Å². The predicted octanol–water partition coefficient (Wildman–Crippen LogP) is 3.84. The van der Waals surface area contributed by atoms with E-state index >= 15 is 0 Å². The summed E-state index contributed by atoms with van der Waals surface area (Å²) in [6.45, 7) is 0.780. The van der Waals surface area contributed by atoms with Gasteiger partial charge in [0.1, 0.15) is 5.75 Å². The van der Waals surface area contributed by atoms with Crippen LogP contribution in [0, 0.1) is 0 Å². The summed E-state index contributed by atoms with van der Waals surface area (Å²) in [6.07, 6.45) is 6.44. The zero-order chi connectivity index (χ0) is 18.6. The van der Waals surface area contributed by atoms with Crippen LogP contribution in [-0.2, 0) is 0 Å². The van der Waals surface area contributed by atoms with Gasteiger partial charge < -0.3 is 19.2 Å². The number of esters is 1. The Kier molecular flexibility index (Phi) is 5.79. The van der Waals surface area contributed by atoms with Crippen molar-refractivity contribution in [2.45, 2.75) is 43.6 Å². The maximum Gasteiger partial charge on any atom is 0.379 e. The van der Waals surface area contributed by atoms with Crippen LogP contribution >= 0.6 is 0 Å². The standard InChI is InChI=1S/C21H27NO4/c1-22(2)15-18(21(24)12-4-3-5-13-21)16-8-10-17(11-9-16)26-20(23)19-7-6-14-25-19/h6-11,14,18,24H,3-5,12-13,15H2,1-2H3. The maximum absolute atomic E-state index is 12.0. The second-order valence-electron chi connectivity index (χ2n) is 7.41. The molecule has 1 aromatic heterocycles. The third-order valence-corrected chi connectivity index (χ3v) is 5.13. The van der Waals surface area contributed by atoms with Gasteiger partial charge in [-0.25, -0.2) is 4.79 Å². The maximum atomic E-state index is 12.0. The van der Waals surface area contributed by atoms with Crippen molar-refractivity contribution in [2.24, 2.45) is 0 Å². The Balaban J connectivity index is 1.76. The largest absolute Gasteiger partial charge is 0.457 e. The number of furan rings is 1. The highest BCUT2D eigenvalue weighted by atomic mass is 16.5. The zero-order valence-electron chi connectivity index (χ0n) is 15.5. The molecule has 3 rings (SSSR count). The number of likely N-dealkylation sites (N-methyl/N-ethyl adjacent to an activating group) is 1. The Morgan fingerprint density at radius 2 is 1.88 bits per heavy atom. The molecule has 1 atom stereocenters. The first kappa shape index (κ1) is 18.7. The van der Waals surface area contributed by atoms with Crippen LogP contribution in [0.1, 0.15) is 54.1 Å². The van der Waals surface area contributed by atoms with E-state index in [9.17, 15) is 9.90 Å². The SMILES string of the molecule is CN(C)CC(c1ccc(OC(=O)c2ccco2)cc1)C1(O)CCCCC1. The van der Waals surface area contributed by atoms with E-state index in [0.717, 1.165) is 37.8 Å². The van der Waals surface area contributed by atoms with E-state index in [0.29, 0.717) is 5.75 Å². The minimum absolute atomic E-state index is 0.0348. The molecule has 0 radical (unpaired) electrons. The second-order valence-corrected chi connectivity index (χ2v) is 7.41. The number of ether oxygens (including phenoxy) is 1. The van der Waals surface area contributed by atoms with E-state index in [1.807, 2.05) is 26.2 Å². The third-order valence-electron chi connectivity index (χ3n) is 5.13. The second kappa shape index (κ2) is 8.06. The summed E-state index contributed by atoms with van der Waals surface area (Å²) in [4.78, 5) is 14.1. The lowest BCUT2D eigenvalue weighted by Gasteiger charge is -2.40. The molecule has 0 bridgehead atoms. The van der Waals surface area contributed by atoms with E-state index in [1.54, 1.807) is 24.3 Å². The average Bonchev–Trinajstić information content (AvgIpc) is 3.16. The molecule has 1 N–H and O–H groups in total. The fourth-order valence-corrected chi connectivity index (χ4v) is 3.78. The van der Waals surface area contributed by atoms with Crippen molar-refractivity contribution in [3.63, 3.8) is 0 Å². The van der Waals surface area contributed by atoms with Gasteiger partial charge >= 0.3 is 5.97 Å². The average molecular weight is 357 g/mol. The predicted molar refractivity (Wildman–Crippen MR) is 99.4 cm³/mol. The van der Waals surface area contributed by atoms with Crippen molar-refractivity contribution in [2.75, 3.05) is 20.6 Å². The lowest BCUT2D eigenvalue weighted by Crippen LogP contribution is -2.42. The first-order chi connectivity index (χ1) is 12.5. The van der Waals surface area contributed by atoms with Gasteiger partial charge in [-0.05, 0) is 56.8 Å². The Hall–Kier alpha value is -2.11. The van der Waals surface area contributed by atoms with Gasteiger partial charge in [-0.15, -0.1) is 0 Å². The van der Waals surface area contributed by atoms with Gasteiger partial charge in [0.2, 0.25) is 5.76 Å². The zero-order valence-corrected chi connectivity index (χ0v) is 15.5. The van der Waals surface area contributed by atoms with Gasteiger partial charge in [-0.1, -0.05) is 31.4 Å². The van der Waals surface area contributed by atoms with E-state index in [-0.39, 0.29) is 11.7 Å². The van der Waals surface area contributed by atoms with Crippen molar-refractivity contribution in [1.82, 2.24) is 4.90 Å². The molecule has 1 aliphatic carbocycles. The molecule has 1 unspecified atom stereocenters. The summed E-state index contributed by atoms with van der Waals surface area (Å²) in [6, 6.07) is 10.7. The van der Waals surface area contributed by atoms with Crippen molar-refractivity contribution >= 4 is 5.97 Å². The smallest absolute Gasteiger partial charge is 0.379 e. The molecule has 5 nitrogen and oxygen atoms in total. The molecule has 1 aromatic carbocycles. The van der Waals surface area contributed by atoms with Crippen LogP contribution in [0.3, 0.4) is 0 Å². The molecule has 0 spiro atoms. The highest BCUT2D eigenvalue weighted by Gasteiger charge is 2.38. The molecule has 1 saturated carbocycles. The molecule has 140 valence electrons. The van der Waals surface area contributed by atoms with E-state index in [1.165, 1.54) is 12.7 Å². The molecule has 0 amide bonds. The van der Waals surface area contributed by atoms with E-state index in [4.69, 9.17) is 9.15 Å². The van der Waals surface area contributed by atoms with Gasteiger partial charge in [-0.2, -0.15) is 0 Å². The molecule has 2 aromatic rings. The van der Waals surface area contributed by atoms with Crippen LogP contribution in [0.15, 0.2) is 47.1 Å². The highest BCUT2D eigenvalue weighted by molar-refractivity contribution is 5.88. The first-order valence-corrected chi connectivity index (χ1v) is 9.21. The van der Waals surface area contributed by atoms with Crippen LogP contribution < -0.4 is 4.74 Å². The Morgan fingerprint density at radius 1 is 1.19 bits per heavy atom. The van der Waals surface area contributed by atoms with Gasteiger partial charge in [0.15, 0.2) is 0 Å². The summed E-state index contributed by atoms with van der Waals surface area (Å²) in [5.74, 6) is 0.164. The summed E-state index contributed by atoms with van der Waals surface area (Å²) in [5, 5.41) is 11.2. The van der Waals surface area contributed by atoms with Crippen molar-refractivity contribution in [1.29, 1.82) is 0 Å². The fourth-order valence-electron chi connectivity index (χ4n) is 3.78. The Morgan fingerprint density at radius 3 is 2.46 bits per heavy atom. The molecule has 26 heavy (non-hydrogen) atoms. The number of hydrogen-bond acceptors (Lipinski definition) is 5. The van der Waals surface area contributed by atoms with Crippen molar-refractivity contribution in [3.8, 4) is 5.75 Å². The summed E-state index contributed by atoms with van der Waals surface area (Å²) >= 11 is 0. The third kappa shape index (κ3) is 4.34. The fraction of sp³-hybridized carbons (Fsp3) is 0.476. The quantitative estimate of drug-likeness (QED) is 0.629. The van der Waals surface area contributed by atoms with Gasteiger partial charge in [-0.3, -0.25) is 0 Å². The minimum atomic E-state index is -0.672. The number of hydrogen-bond donors (Lipinski definition) is 1. The number of rotatable bonds is 6. The van der Waals surface area contributed by atoms with Crippen molar-refractivity contribution in [3.05, 3.63) is 54.0 Å². The number of aliphatic hydroxyl groups is 1. The molecule has 1 aliphatic rings. The molecule has 5 heteroatoms. The highest BCUT2D eigenvalue weighted by Crippen LogP contribution is 2.40. The minimum Gasteiger partial charge on any atom is -0.457 e. The molecule has 0 saturated heterocycles. The Bertz CT molecular complexity index is 700. The summed E-state index contributed by atoms with van der Waals surface area (Å²) in [5.41, 5.74) is 0.399. The summed E-state index contributed by atoms with van der Waals surface area (Å²) in [7, 11) is 4.05. The summed E-state index contributed by atoms with van der Waals surface area (Å²) < 4.78 is 10.4. The monoisotopic (exact) mass is 357 g/mol. The van der Waals surface area contributed by atoms with Crippen LogP contribution in [0.4, 0.5) is 0 Å². The number of benzene rings is 1. The molecular formula is C21H27NO4. The van der Waals surface area contributed by atoms with Crippen LogP contribution in [0.2, 0.25) is 0 Å². The van der Waals surface area contributed by atoms with Crippen LogP contribution in [-0.4, -0.2) is 42.2 Å². The molecule has 1 fully saturated rings. The first-order valence-electron chi connectivity index (χ1n) is 9.21. The molecule has 1 heterocycles. The number of nitrogens with zero attached hydrogens (tertiary/aromatic N) is 1. The van der Waals surface area contributed by atoms with Crippen LogP contribution in [0.25, 0.3) is 0 Å².